The van der Waals surface area contributed by atoms with Crippen LogP contribution in [0.5, 0.6) is 0 Å². The van der Waals surface area contributed by atoms with Gasteiger partial charge in [-0.15, -0.1) is 0 Å². The molecule has 0 aromatic heterocycles. The van der Waals surface area contributed by atoms with Crippen LogP contribution in [0.3, 0.4) is 0 Å². The van der Waals surface area contributed by atoms with Crippen LogP contribution in [0, 0.1) is 0 Å². The molecule has 160 valence electrons. The van der Waals surface area contributed by atoms with Gasteiger partial charge >= 0.3 is 0 Å². The molecular weight excluding hydrogens is 402 g/mol. The van der Waals surface area contributed by atoms with E-state index in [2.05, 4.69) is 101 Å². The molecule has 5 rings (SSSR count). The fourth-order valence-electron chi connectivity index (χ4n) is 4.08. The van der Waals surface area contributed by atoms with E-state index in [1.54, 1.807) is 0 Å². The summed E-state index contributed by atoms with van der Waals surface area (Å²) in [7, 11) is 0. The third kappa shape index (κ3) is 4.43. The molecule has 3 N–H and O–H groups in total. The number of nitrogens with two attached hydrogens (primary N) is 1. The van der Waals surface area contributed by atoms with E-state index in [0.29, 0.717) is 0 Å². The van der Waals surface area contributed by atoms with Gasteiger partial charge in [0.25, 0.3) is 0 Å². The molecule has 5 aromatic carbocycles. The van der Waals surface area contributed by atoms with E-state index in [1.807, 2.05) is 42.5 Å². The zero-order valence-electron chi connectivity index (χ0n) is 18.2. The quantitative estimate of drug-likeness (QED) is 0.269. The Morgan fingerprint density at radius 1 is 0.515 bits per heavy atom. The van der Waals surface area contributed by atoms with Gasteiger partial charge in [0.2, 0.25) is 0 Å². The lowest BCUT2D eigenvalue weighted by Crippen LogP contribution is -2.09. The number of rotatable bonds is 6. The molecule has 0 unspecified atom stereocenters. The summed E-state index contributed by atoms with van der Waals surface area (Å²) >= 11 is 0. The average molecular weight is 428 g/mol. The van der Waals surface area contributed by atoms with Crippen molar-refractivity contribution < 1.29 is 0 Å². The zero-order valence-corrected chi connectivity index (χ0v) is 18.2. The van der Waals surface area contributed by atoms with Crippen LogP contribution < -0.4 is 16.0 Å². The van der Waals surface area contributed by atoms with Crippen molar-refractivity contribution in [3.63, 3.8) is 0 Å². The molecule has 0 saturated heterocycles. The number of nitrogens with zero attached hydrogens (tertiary/aromatic N) is 1. The lowest BCUT2D eigenvalue weighted by Gasteiger charge is -2.26. The van der Waals surface area contributed by atoms with Gasteiger partial charge in [-0.2, -0.15) is 0 Å². The first-order valence-corrected chi connectivity index (χ1v) is 11.0. The lowest BCUT2D eigenvalue weighted by molar-refractivity contribution is 1.28. The Bertz CT molecular complexity index is 1290. The van der Waals surface area contributed by atoms with Crippen molar-refractivity contribution in [3.8, 4) is 11.1 Å². The number of nitrogen functional groups attached to an aromatic ring is 1. The Kier molecular flexibility index (Phi) is 5.77. The highest BCUT2D eigenvalue weighted by Crippen LogP contribution is 2.40. The second kappa shape index (κ2) is 9.33. The minimum Gasteiger partial charge on any atom is -0.398 e. The molecule has 3 heteroatoms. The standard InChI is InChI=1S/C30H25N3/c31-28-20-11-21-29(32-24-13-4-1-5-14-24)30(28)23-12-10-19-27(22-23)33(25-15-6-2-7-16-25)26-17-8-3-9-18-26/h1-22,32H,31H2. The number of hydrogen-bond acceptors (Lipinski definition) is 3. The van der Waals surface area contributed by atoms with Gasteiger partial charge in [-0.25, -0.2) is 0 Å². The summed E-state index contributed by atoms with van der Waals surface area (Å²) in [4.78, 5) is 2.26. The van der Waals surface area contributed by atoms with Gasteiger partial charge in [-0.05, 0) is 66.2 Å². The molecule has 0 aliphatic heterocycles. The van der Waals surface area contributed by atoms with Gasteiger partial charge in [-0.1, -0.05) is 72.8 Å². The largest absolute Gasteiger partial charge is 0.398 e. The van der Waals surface area contributed by atoms with E-state index in [-0.39, 0.29) is 0 Å². The molecule has 3 nitrogen and oxygen atoms in total. The van der Waals surface area contributed by atoms with Gasteiger partial charge < -0.3 is 16.0 Å². The number of benzene rings is 5. The highest BCUT2D eigenvalue weighted by atomic mass is 15.1. The predicted octanol–water partition coefficient (Wildman–Crippen LogP) is 8.15. The van der Waals surface area contributed by atoms with Gasteiger partial charge in [0, 0.05) is 39.7 Å². The van der Waals surface area contributed by atoms with Crippen LogP contribution in [-0.4, -0.2) is 0 Å². The highest BCUT2D eigenvalue weighted by molar-refractivity contribution is 5.91. The SMILES string of the molecule is Nc1cccc(Nc2ccccc2)c1-c1cccc(N(c2ccccc2)c2ccccc2)c1. The normalized spacial score (nSPS) is 10.5. The minimum atomic E-state index is 0.735. The van der Waals surface area contributed by atoms with Crippen molar-refractivity contribution in [2.24, 2.45) is 0 Å². The highest BCUT2D eigenvalue weighted by Gasteiger charge is 2.15. The maximum Gasteiger partial charge on any atom is 0.0484 e. The summed E-state index contributed by atoms with van der Waals surface area (Å²) in [5.41, 5.74) is 14.6. The summed E-state index contributed by atoms with van der Waals surface area (Å²) in [6.45, 7) is 0. The number of anilines is 6. The van der Waals surface area contributed by atoms with Gasteiger partial charge in [0.1, 0.15) is 0 Å². The van der Waals surface area contributed by atoms with E-state index < -0.39 is 0 Å². The van der Waals surface area contributed by atoms with Gasteiger partial charge in [0.15, 0.2) is 0 Å². The molecule has 0 saturated carbocycles. The summed E-state index contributed by atoms with van der Waals surface area (Å²) < 4.78 is 0. The van der Waals surface area contributed by atoms with Crippen LogP contribution in [0.25, 0.3) is 11.1 Å². The fourth-order valence-corrected chi connectivity index (χ4v) is 4.08. The molecule has 0 amide bonds. The van der Waals surface area contributed by atoms with E-state index in [4.69, 9.17) is 5.73 Å². The summed E-state index contributed by atoms with van der Waals surface area (Å²) in [5.74, 6) is 0. The Morgan fingerprint density at radius 3 is 1.70 bits per heavy atom. The second-order valence-corrected chi connectivity index (χ2v) is 7.82. The molecule has 0 aliphatic carbocycles. The first kappa shape index (κ1) is 20.4. The minimum absolute atomic E-state index is 0.735. The van der Waals surface area contributed by atoms with Crippen molar-refractivity contribution in [3.05, 3.63) is 133 Å². The number of nitrogens with one attached hydrogen (secondary N) is 1. The monoisotopic (exact) mass is 427 g/mol. The van der Waals surface area contributed by atoms with Crippen LogP contribution in [0.2, 0.25) is 0 Å². The van der Waals surface area contributed by atoms with Crippen molar-refractivity contribution in [1.29, 1.82) is 0 Å². The summed E-state index contributed by atoms with van der Waals surface area (Å²) in [6, 6.07) is 45.5. The smallest absolute Gasteiger partial charge is 0.0484 e. The van der Waals surface area contributed by atoms with Crippen LogP contribution in [0.15, 0.2) is 133 Å². The topological polar surface area (TPSA) is 41.3 Å². The Labute approximate surface area is 194 Å². The van der Waals surface area contributed by atoms with Crippen LogP contribution >= 0.6 is 0 Å². The fraction of sp³-hybridized carbons (Fsp3) is 0. The molecular formula is C30H25N3. The molecule has 0 aliphatic rings. The average Bonchev–Trinajstić information content (AvgIpc) is 2.87. The van der Waals surface area contributed by atoms with E-state index in [0.717, 1.165) is 45.3 Å². The Hall–Kier alpha value is -4.50. The summed E-state index contributed by atoms with van der Waals surface area (Å²) in [5, 5.41) is 3.53. The van der Waals surface area contributed by atoms with Crippen molar-refractivity contribution in [2.45, 2.75) is 0 Å². The van der Waals surface area contributed by atoms with Gasteiger partial charge in [-0.3, -0.25) is 0 Å². The van der Waals surface area contributed by atoms with E-state index in [9.17, 15) is 0 Å². The van der Waals surface area contributed by atoms with Crippen LogP contribution in [-0.2, 0) is 0 Å². The first-order valence-electron chi connectivity index (χ1n) is 11.0. The van der Waals surface area contributed by atoms with Crippen LogP contribution in [0.4, 0.5) is 34.1 Å². The van der Waals surface area contributed by atoms with Crippen molar-refractivity contribution >= 4 is 34.1 Å². The molecule has 0 fully saturated rings. The molecule has 0 bridgehead atoms. The van der Waals surface area contributed by atoms with Gasteiger partial charge in [0.05, 0.1) is 0 Å². The third-order valence-corrected chi connectivity index (χ3v) is 5.57. The summed E-state index contributed by atoms with van der Waals surface area (Å²) in [6.07, 6.45) is 0. The number of para-hydroxylation sites is 3. The Balaban J connectivity index is 1.61. The molecule has 33 heavy (non-hydrogen) atoms. The Morgan fingerprint density at radius 2 is 1.06 bits per heavy atom. The van der Waals surface area contributed by atoms with Crippen LogP contribution in [0.1, 0.15) is 0 Å². The first-order chi connectivity index (χ1) is 16.3. The van der Waals surface area contributed by atoms with Crippen molar-refractivity contribution in [2.75, 3.05) is 16.0 Å². The second-order valence-electron chi connectivity index (χ2n) is 7.82. The predicted molar refractivity (Wildman–Crippen MR) is 141 cm³/mol. The third-order valence-electron chi connectivity index (χ3n) is 5.57. The maximum atomic E-state index is 6.50. The lowest BCUT2D eigenvalue weighted by atomic mass is 10.00. The molecule has 0 heterocycles. The molecule has 5 aromatic rings. The molecule has 0 radical (unpaired) electrons. The molecule has 0 spiro atoms. The molecule has 0 atom stereocenters. The van der Waals surface area contributed by atoms with E-state index in [1.165, 1.54) is 0 Å². The zero-order chi connectivity index (χ0) is 22.5. The van der Waals surface area contributed by atoms with E-state index >= 15 is 0 Å². The maximum absolute atomic E-state index is 6.50. The number of hydrogen-bond donors (Lipinski definition) is 2. The van der Waals surface area contributed by atoms with Crippen molar-refractivity contribution in [1.82, 2.24) is 0 Å².